The molecule has 1 aliphatic rings. The quantitative estimate of drug-likeness (QED) is 0.569. The van der Waals surface area contributed by atoms with Gasteiger partial charge in [0.05, 0.1) is 14.9 Å². The van der Waals surface area contributed by atoms with Crippen molar-refractivity contribution < 1.29 is 13.5 Å². The fourth-order valence-corrected chi connectivity index (χ4v) is 5.14. The number of benzene rings is 2. The lowest BCUT2D eigenvalue weighted by Crippen LogP contribution is -2.28. The van der Waals surface area contributed by atoms with E-state index in [9.17, 15) is 8.42 Å². The minimum atomic E-state index is -3.62. The van der Waals surface area contributed by atoms with Crippen LogP contribution in [0.5, 0.6) is 0 Å². The Morgan fingerprint density at radius 1 is 1.07 bits per heavy atom. The van der Waals surface area contributed by atoms with Crippen LogP contribution < -0.4 is 10.0 Å². The van der Waals surface area contributed by atoms with Gasteiger partial charge in [-0.3, -0.25) is 0 Å². The van der Waals surface area contributed by atoms with Gasteiger partial charge in [0.25, 0.3) is 0 Å². The highest BCUT2D eigenvalue weighted by molar-refractivity contribution is 7.89. The van der Waals surface area contributed by atoms with Gasteiger partial charge in [-0.2, -0.15) is 0 Å². The van der Waals surface area contributed by atoms with Crippen LogP contribution in [-0.4, -0.2) is 33.7 Å². The van der Waals surface area contributed by atoms with E-state index >= 15 is 0 Å². The number of hydrogen-bond acceptors (Lipinski definition) is 4. The van der Waals surface area contributed by atoms with Crippen molar-refractivity contribution in [1.29, 1.82) is 0 Å². The molecule has 28 heavy (non-hydrogen) atoms. The Balaban J connectivity index is 1.99. The van der Waals surface area contributed by atoms with E-state index in [2.05, 4.69) is 10.0 Å². The number of rotatable bonds is 7. The highest BCUT2D eigenvalue weighted by Crippen LogP contribution is 2.43. The van der Waals surface area contributed by atoms with Gasteiger partial charge in [-0.1, -0.05) is 35.3 Å². The first-order valence-corrected chi connectivity index (χ1v) is 11.5. The van der Waals surface area contributed by atoms with Crippen LogP contribution in [-0.2, 0) is 10.0 Å². The maximum absolute atomic E-state index is 12.6. The lowest BCUT2D eigenvalue weighted by Gasteiger charge is -2.32. The summed E-state index contributed by atoms with van der Waals surface area (Å²) >= 11 is 12.3. The van der Waals surface area contributed by atoms with Crippen molar-refractivity contribution in [3.05, 3.63) is 63.1 Å². The molecule has 2 atom stereocenters. The number of aliphatic hydroxyl groups excluding tert-OH is 1. The number of hydrogen-bond donors (Lipinski definition) is 3. The van der Waals surface area contributed by atoms with Crippen LogP contribution in [0.3, 0.4) is 0 Å². The smallest absolute Gasteiger partial charge is 0.240 e. The molecule has 8 heteroatoms. The molecular formula is C20H24Cl2N2O3S. The summed E-state index contributed by atoms with van der Waals surface area (Å²) in [5.41, 5.74) is 3.15. The molecule has 0 spiro atoms. The van der Waals surface area contributed by atoms with Crippen LogP contribution in [0.2, 0.25) is 10.0 Å². The summed E-state index contributed by atoms with van der Waals surface area (Å²) in [6, 6.07) is 11.0. The third-order valence-corrected chi connectivity index (χ3v) is 7.38. The zero-order valence-corrected chi connectivity index (χ0v) is 17.9. The zero-order chi connectivity index (χ0) is 20.3. The highest BCUT2D eigenvalue weighted by Gasteiger charge is 2.29. The second-order valence-electron chi connectivity index (χ2n) is 6.91. The first-order valence-electron chi connectivity index (χ1n) is 9.24. The second kappa shape index (κ2) is 9.11. The summed E-state index contributed by atoms with van der Waals surface area (Å²) in [6.07, 6.45) is 2.19. The molecule has 3 N–H and O–H groups in total. The molecule has 2 aromatic carbocycles. The number of nitrogens with one attached hydrogen (secondary N) is 2. The van der Waals surface area contributed by atoms with Gasteiger partial charge in [-0.05, 0) is 67.3 Å². The summed E-state index contributed by atoms with van der Waals surface area (Å²) < 4.78 is 27.7. The fraction of sp³-hybridized carbons (Fsp3) is 0.400. The monoisotopic (exact) mass is 442 g/mol. The van der Waals surface area contributed by atoms with Gasteiger partial charge in [0.15, 0.2) is 0 Å². The molecule has 0 saturated heterocycles. The van der Waals surface area contributed by atoms with Crippen LogP contribution in [0.1, 0.15) is 47.9 Å². The van der Waals surface area contributed by atoms with E-state index in [1.54, 1.807) is 18.2 Å². The molecule has 0 fully saturated rings. The number of aliphatic hydroxyl groups is 1. The van der Waals surface area contributed by atoms with Gasteiger partial charge < -0.3 is 10.4 Å². The van der Waals surface area contributed by atoms with Crippen molar-refractivity contribution in [1.82, 2.24) is 10.0 Å². The van der Waals surface area contributed by atoms with Crippen LogP contribution in [0.25, 0.3) is 0 Å². The van der Waals surface area contributed by atoms with Gasteiger partial charge in [0.2, 0.25) is 10.0 Å². The van der Waals surface area contributed by atoms with E-state index in [1.807, 2.05) is 25.2 Å². The summed E-state index contributed by atoms with van der Waals surface area (Å²) in [4.78, 5) is 0.235. The third-order valence-electron chi connectivity index (χ3n) is 5.18. The third kappa shape index (κ3) is 4.53. The molecule has 0 saturated carbocycles. The van der Waals surface area contributed by atoms with Crippen molar-refractivity contribution in [3.8, 4) is 0 Å². The van der Waals surface area contributed by atoms with Gasteiger partial charge >= 0.3 is 0 Å². The SMILES string of the molecule is CN[C@H]1CC[C@@H](c2ccc(Cl)c(Cl)c2)c2ccc(S(=O)(=O)NCCCO)cc21. The molecule has 0 aliphatic heterocycles. The van der Waals surface area contributed by atoms with Gasteiger partial charge in [-0.25, -0.2) is 13.1 Å². The lowest BCUT2D eigenvalue weighted by molar-refractivity contribution is 0.289. The molecule has 0 radical (unpaired) electrons. The van der Waals surface area contributed by atoms with E-state index in [0.29, 0.717) is 16.5 Å². The number of sulfonamides is 1. The maximum Gasteiger partial charge on any atom is 0.240 e. The van der Waals surface area contributed by atoms with E-state index in [0.717, 1.165) is 29.5 Å². The molecular weight excluding hydrogens is 419 g/mol. The van der Waals surface area contributed by atoms with E-state index in [-0.39, 0.29) is 30.0 Å². The number of fused-ring (bicyclic) bond motifs is 1. The van der Waals surface area contributed by atoms with E-state index in [4.69, 9.17) is 28.3 Å². The molecule has 5 nitrogen and oxygen atoms in total. The van der Waals surface area contributed by atoms with E-state index < -0.39 is 10.0 Å². The first kappa shape index (κ1) is 21.6. The van der Waals surface area contributed by atoms with Crippen LogP contribution in [0, 0.1) is 0 Å². The van der Waals surface area contributed by atoms with Crippen molar-refractivity contribution in [2.45, 2.75) is 36.1 Å². The maximum atomic E-state index is 12.6. The first-order chi connectivity index (χ1) is 13.4. The highest BCUT2D eigenvalue weighted by atomic mass is 35.5. The summed E-state index contributed by atoms with van der Waals surface area (Å²) in [5.74, 6) is 0.133. The minimum Gasteiger partial charge on any atom is -0.396 e. The molecule has 1 aliphatic carbocycles. The predicted octanol–water partition coefficient (Wildman–Crippen LogP) is 3.84. The van der Waals surface area contributed by atoms with Gasteiger partial charge in [0, 0.05) is 25.1 Å². The summed E-state index contributed by atoms with van der Waals surface area (Å²) in [6.45, 7) is 0.150. The van der Waals surface area contributed by atoms with Crippen LogP contribution in [0.4, 0.5) is 0 Å². The predicted molar refractivity (Wildman–Crippen MR) is 113 cm³/mol. The summed E-state index contributed by atoms with van der Waals surface area (Å²) in [5, 5.41) is 13.2. The lowest BCUT2D eigenvalue weighted by atomic mass is 9.77. The van der Waals surface area contributed by atoms with Crippen molar-refractivity contribution >= 4 is 33.2 Å². The second-order valence-corrected chi connectivity index (χ2v) is 9.49. The number of halogens is 2. The minimum absolute atomic E-state index is 0.0557. The standard InChI is InChI=1S/C20H24Cl2N2O3S/c1-23-20-8-6-15(13-3-7-18(21)19(22)11-13)16-5-4-14(12-17(16)20)28(26,27)24-9-2-10-25/h3-5,7,11-12,15,20,23-25H,2,6,8-10H2,1H3/t15-,20-/m0/s1. The molecule has 0 heterocycles. The van der Waals surface area contributed by atoms with Crippen molar-refractivity contribution in [2.24, 2.45) is 0 Å². The normalized spacial score (nSPS) is 19.4. The van der Waals surface area contributed by atoms with E-state index in [1.165, 1.54) is 0 Å². The molecule has 0 aromatic heterocycles. The van der Waals surface area contributed by atoms with Crippen LogP contribution >= 0.6 is 23.2 Å². The molecule has 3 rings (SSSR count). The molecule has 152 valence electrons. The van der Waals surface area contributed by atoms with Crippen LogP contribution in [0.15, 0.2) is 41.3 Å². The Labute approximate surface area is 176 Å². The Morgan fingerprint density at radius 2 is 1.86 bits per heavy atom. The average Bonchev–Trinajstić information content (AvgIpc) is 2.69. The Bertz CT molecular complexity index is 950. The largest absolute Gasteiger partial charge is 0.396 e. The summed E-state index contributed by atoms with van der Waals surface area (Å²) in [7, 11) is -1.74. The van der Waals surface area contributed by atoms with Gasteiger partial charge in [0.1, 0.15) is 0 Å². The molecule has 0 bridgehead atoms. The average molecular weight is 443 g/mol. The van der Waals surface area contributed by atoms with Crippen molar-refractivity contribution in [2.75, 3.05) is 20.2 Å². The molecule has 0 amide bonds. The Morgan fingerprint density at radius 3 is 2.54 bits per heavy atom. The Kier molecular flexibility index (Phi) is 7.02. The Hall–Kier alpha value is -1.15. The van der Waals surface area contributed by atoms with Gasteiger partial charge in [-0.15, -0.1) is 0 Å². The zero-order valence-electron chi connectivity index (χ0n) is 15.6. The van der Waals surface area contributed by atoms with Crippen molar-refractivity contribution in [3.63, 3.8) is 0 Å². The topological polar surface area (TPSA) is 78.4 Å². The molecule has 2 aromatic rings. The molecule has 0 unspecified atom stereocenters. The fourth-order valence-electron chi connectivity index (χ4n) is 3.73.